The van der Waals surface area contributed by atoms with E-state index in [4.69, 9.17) is 0 Å². The molecule has 0 atom stereocenters. The van der Waals surface area contributed by atoms with Crippen LogP contribution in [-0.4, -0.2) is 0 Å². The lowest BCUT2D eigenvalue weighted by Gasteiger charge is -2.27. The van der Waals surface area contributed by atoms with Gasteiger partial charge in [0, 0.05) is 17.1 Å². The Morgan fingerprint density at radius 2 is 0.559 bits per heavy atom. The fourth-order valence-electron chi connectivity index (χ4n) is 8.26. The first-order chi connectivity index (χ1) is 29.2. The Morgan fingerprint density at radius 1 is 0.203 bits per heavy atom. The third-order valence-electron chi connectivity index (χ3n) is 11.3. The average molecular weight is 752 g/mol. The Labute approximate surface area is 346 Å². The van der Waals surface area contributed by atoms with Crippen LogP contribution < -0.4 is 4.90 Å². The molecule has 0 aliphatic carbocycles. The fraction of sp³-hybridized carbons (Fsp3) is 0. The molecule has 10 aromatic rings. The number of fused-ring (bicyclic) bond motifs is 1. The van der Waals surface area contributed by atoms with E-state index in [-0.39, 0.29) is 0 Å². The first-order valence-corrected chi connectivity index (χ1v) is 20.2. The summed E-state index contributed by atoms with van der Waals surface area (Å²) in [6.45, 7) is 0. The van der Waals surface area contributed by atoms with Crippen molar-refractivity contribution < 1.29 is 0 Å². The Balaban J connectivity index is 1.04. The van der Waals surface area contributed by atoms with Crippen molar-refractivity contribution in [1.82, 2.24) is 0 Å². The molecule has 0 heterocycles. The van der Waals surface area contributed by atoms with E-state index in [2.05, 4.69) is 254 Å². The summed E-state index contributed by atoms with van der Waals surface area (Å²) in [7, 11) is 0. The molecule has 10 aromatic carbocycles. The SMILES string of the molecule is c1ccc(-c2ccc(-c3ccc(-c4ccc(N(c5ccc(-c6ccccc6)cc5)c5ccc(-c6cccc7ccccc67)cc5)cc4-c4ccccc4)cc3)cc2)cc1. The molecular formula is C58H41N. The van der Waals surface area contributed by atoms with E-state index in [1.165, 1.54) is 77.5 Å². The van der Waals surface area contributed by atoms with Gasteiger partial charge in [-0.15, -0.1) is 0 Å². The predicted octanol–water partition coefficient (Wildman–Crippen LogP) is 16.3. The first-order valence-electron chi connectivity index (χ1n) is 20.2. The molecule has 0 N–H and O–H groups in total. The number of nitrogens with zero attached hydrogens (tertiary/aromatic N) is 1. The summed E-state index contributed by atoms with van der Waals surface area (Å²) in [4.78, 5) is 2.38. The van der Waals surface area contributed by atoms with E-state index < -0.39 is 0 Å². The second-order valence-corrected chi connectivity index (χ2v) is 14.9. The molecule has 0 unspecified atom stereocenters. The van der Waals surface area contributed by atoms with E-state index in [1.54, 1.807) is 0 Å². The molecular weight excluding hydrogens is 711 g/mol. The van der Waals surface area contributed by atoms with Crippen LogP contribution in [0, 0.1) is 0 Å². The van der Waals surface area contributed by atoms with E-state index >= 15 is 0 Å². The van der Waals surface area contributed by atoms with Crippen LogP contribution in [0.5, 0.6) is 0 Å². The van der Waals surface area contributed by atoms with E-state index in [0.29, 0.717) is 0 Å². The Morgan fingerprint density at radius 3 is 1.10 bits per heavy atom. The summed E-state index contributed by atoms with van der Waals surface area (Å²) in [6, 6.07) is 89.8. The van der Waals surface area contributed by atoms with Crippen LogP contribution in [0.2, 0.25) is 0 Å². The summed E-state index contributed by atoms with van der Waals surface area (Å²) in [6.07, 6.45) is 0. The summed E-state index contributed by atoms with van der Waals surface area (Å²) in [5.74, 6) is 0. The van der Waals surface area contributed by atoms with Crippen molar-refractivity contribution in [1.29, 1.82) is 0 Å². The summed E-state index contributed by atoms with van der Waals surface area (Å²) < 4.78 is 0. The van der Waals surface area contributed by atoms with Gasteiger partial charge in [-0.25, -0.2) is 0 Å². The normalized spacial score (nSPS) is 11.1. The van der Waals surface area contributed by atoms with Gasteiger partial charge in [-0.3, -0.25) is 0 Å². The van der Waals surface area contributed by atoms with Gasteiger partial charge >= 0.3 is 0 Å². The highest BCUT2D eigenvalue weighted by molar-refractivity contribution is 5.97. The second kappa shape index (κ2) is 16.0. The fourth-order valence-corrected chi connectivity index (χ4v) is 8.26. The molecule has 59 heavy (non-hydrogen) atoms. The van der Waals surface area contributed by atoms with Crippen molar-refractivity contribution in [2.24, 2.45) is 0 Å². The van der Waals surface area contributed by atoms with E-state index in [1.807, 2.05) is 0 Å². The molecule has 0 amide bonds. The van der Waals surface area contributed by atoms with E-state index in [0.717, 1.165) is 17.1 Å². The maximum atomic E-state index is 2.38. The van der Waals surface area contributed by atoms with Gasteiger partial charge in [-0.1, -0.05) is 212 Å². The molecule has 0 saturated carbocycles. The van der Waals surface area contributed by atoms with Gasteiger partial charge in [-0.05, 0) is 114 Å². The number of rotatable bonds is 9. The Hall–Kier alpha value is -7.74. The lowest BCUT2D eigenvalue weighted by atomic mass is 9.92. The van der Waals surface area contributed by atoms with E-state index in [9.17, 15) is 0 Å². The number of anilines is 3. The van der Waals surface area contributed by atoms with Crippen molar-refractivity contribution >= 4 is 27.8 Å². The van der Waals surface area contributed by atoms with Crippen molar-refractivity contribution in [2.75, 3.05) is 4.90 Å². The molecule has 278 valence electrons. The quantitative estimate of drug-likeness (QED) is 0.142. The second-order valence-electron chi connectivity index (χ2n) is 14.9. The molecule has 0 bridgehead atoms. The third-order valence-corrected chi connectivity index (χ3v) is 11.3. The van der Waals surface area contributed by atoms with Crippen LogP contribution in [0.25, 0.3) is 77.5 Å². The monoisotopic (exact) mass is 751 g/mol. The smallest absolute Gasteiger partial charge is 0.0468 e. The van der Waals surface area contributed by atoms with Crippen LogP contribution >= 0.6 is 0 Å². The minimum absolute atomic E-state index is 1.09. The van der Waals surface area contributed by atoms with Gasteiger partial charge in [-0.2, -0.15) is 0 Å². The molecule has 1 heteroatoms. The predicted molar refractivity (Wildman–Crippen MR) is 251 cm³/mol. The zero-order chi connectivity index (χ0) is 39.4. The summed E-state index contributed by atoms with van der Waals surface area (Å²) >= 11 is 0. The highest BCUT2D eigenvalue weighted by Gasteiger charge is 2.17. The standard InChI is InChI=1S/C58H41N/c1-4-13-42(14-5-1)44-23-25-45(26-24-44)46-27-29-50(30-28-46)57-40-39-54(41-58(57)49-17-8-3-9-18-49)59(52-35-31-47(32-36-52)43-15-6-2-7-16-43)53-37-33-51(34-38-53)56-22-12-20-48-19-10-11-21-55(48)56/h1-41H. The lowest BCUT2D eigenvalue weighted by Crippen LogP contribution is -2.10. The molecule has 0 radical (unpaired) electrons. The average Bonchev–Trinajstić information content (AvgIpc) is 3.33. The van der Waals surface area contributed by atoms with Crippen LogP contribution in [0.4, 0.5) is 17.1 Å². The molecule has 1 nitrogen and oxygen atoms in total. The molecule has 0 aliphatic rings. The first kappa shape index (κ1) is 35.7. The highest BCUT2D eigenvalue weighted by Crippen LogP contribution is 2.42. The maximum Gasteiger partial charge on any atom is 0.0468 e. The third kappa shape index (κ3) is 7.34. The van der Waals surface area contributed by atoms with Gasteiger partial charge < -0.3 is 4.90 Å². The van der Waals surface area contributed by atoms with Crippen LogP contribution in [-0.2, 0) is 0 Å². The molecule has 0 fully saturated rings. The molecule has 10 rings (SSSR count). The summed E-state index contributed by atoms with van der Waals surface area (Å²) in [5.41, 5.74) is 17.7. The Kier molecular flexibility index (Phi) is 9.68. The molecule has 0 saturated heterocycles. The molecule has 0 spiro atoms. The van der Waals surface area contributed by atoms with Crippen LogP contribution in [0.15, 0.2) is 249 Å². The highest BCUT2D eigenvalue weighted by atomic mass is 15.1. The molecule has 0 aliphatic heterocycles. The summed E-state index contributed by atoms with van der Waals surface area (Å²) in [5, 5.41) is 2.50. The minimum atomic E-state index is 1.09. The lowest BCUT2D eigenvalue weighted by molar-refractivity contribution is 1.28. The van der Waals surface area contributed by atoms with Gasteiger partial charge in [0.15, 0.2) is 0 Å². The van der Waals surface area contributed by atoms with Crippen molar-refractivity contribution in [3.8, 4) is 66.8 Å². The zero-order valence-electron chi connectivity index (χ0n) is 32.6. The van der Waals surface area contributed by atoms with Gasteiger partial charge in [0.1, 0.15) is 0 Å². The van der Waals surface area contributed by atoms with Crippen LogP contribution in [0.1, 0.15) is 0 Å². The number of hydrogen-bond acceptors (Lipinski definition) is 1. The zero-order valence-corrected chi connectivity index (χ0v) is 32.6. The molecule has 0 aromatic heterocycles. The van der Waals surface area contributed by atoms with Crippen molar-refractivity contribution in [3.63, 3.8) is 0 Å². The van der Waals surface area contributed by atoms with Crippen LogP contribution in [0.3, 0.4) is 0 Å². The Bertz CT molecular complexity index is 2970. The topological polar surface area (TPSA) is 3.24 Å². The van der Waals surface area contributed by atoms with Crippen molar-refractivity contribution in [3.05, 3.63) is 249 Å². The maximum absolute atomic E-state index is 2.38. The number of hydrogen-bond donors (Lipinski definition) is 0. The minimum Gasteiger partial charge on any atom is -0.310 e. The van der Waals surface area contributed by atoms with Gasteiger partial charge in [0.25, 0.3) is 0 Å². The number of benzene rings is 10. The van der Waals surface area contributed by atoms with Crippen molar-refractivity contribution in [2.45, 2.75) is 0 Å². The van der Waals surface area contributed by atoms with Gasteiger partial charge in [0.2, 0.25) is 0 Å². The van der Waals surface area contributed by atoms with Gasteiger partial charge in [0.05, 0.1) is 0 Å². The largest absolute Gasteiger partial charge is 0.310 e.